The van der Waals surface area contributed by atoms with Gasteiger partial charge in [-0.1, -0.05) is 49.4 Å². The molecule has 0 spiro atoms. The predicted octanol–water partition coefficient (Wildman–Crippen LogP) is 3.16. The lowest BCUT2D eigenvalue weighted by Gasteiger charge is -2.26. The van der Waals surface area contributed by atoms with E-state index in [9.17, 15) is 14.4 Å². The van der Waals surface area contributed by atoms with Crippen molar-refractivity contribution < 1.29 is 14.3 Å². The molecule has 1 aliphatic rings. The van der Waals surface area contributed by atoms with Gasteiger partial charge in [-0.05, 0) is 42.9 Å². The van der Waals surface area contributed by atoms with Crippen LogP contribution in [0.15, 0.2) is 53.3 Å². The van der Waals surface area contributed by atoms with Gasteiger partial charge in [0, 0.05) is 11.9 Å². The number of carbonyl (C=O) groups is 2. The van der Waals surface area contributed by atoms with Crippen LogP contribution >= 0.6 is 0 Å². The Hall–Kier alpha value is -3.48. The van der Waals surface area contributed by atoms with E-state index in [-0.39, 0.29) is 23.2 Å². The highest BCUT2D eigenvalue weighted by molar-refractivity contribution is 6.02. The molecule has 1 N–H and O–H groups in total. The van der Waals surface area contributed by atoms with Crippen LogP contribution in [-0.4, -0.2) is 28.3 Å². The number of hydrogen-bond donors (Lipinski definition) is 1. The first-order chi connectivity index (χ1) is 15.1. The first-order valence-corrected chi connectivity index (χ1v) is 10.6. The number of carbonyl (C=O) groups excluding carboxylic acids is 2. The Morgan fingerprint density at radius 3 is 2.68 bits per heavy atom. The molecule has 160 valence electrons. The quantitative estimate of drug-likeness (QED) is 0.620. The number of nitrogens with zero attached hydrogens (tertiary/aromatic N) is 2. The number of rotatable bonds is 6. The second kappa shape index (κ2) is 9.12. The first kappa shape index (κ1) is 20.8. The van der Waals surface area contributed by atoms with Gasteiger partial charge in [0.25, 0.3) is 11.5 Å². The van der Waals surface area contributed by atoms with Crippen molar-refractivity contribution in [3.8, 4) is 0 Å². The minimum atomic E-state index is -0.722. The van der Waals surface area contributed by atoms with Crippen molar-refractivity contribution in [2.75, 3.05) is 6.61 Å². The molecule has 1 aromatic heterocycles. The fraction of sp³-hybridized carbons (Fsp3) is 0.333. The van der Waals surface area contributed by atoms with Crippen LogP contribution in [0.1, 0.15) is 53.8 Å². The molecule has 1 aliphatic carbocycles. The summed E-state index contributed by atoms with van der Waals surface area (Å²) in [6.07, 6.45) is 3.55. The van der Waals surface area contributed by atoms with Gasteiger partial charge in [0.2, 0.25) is 0 Å². The zero-order valence-electron chi connectivity index (χ0n) is 17.5. The van der Waals surface area contributed by atoms with Crippen molar-refractivity contribution in [1.82, 2.24) is 15.1 Å². The molecular weight excluding hydrogens is 394 g/mol. The number of hydrogen-bond acceptors (Lipinski definition) is 5. The van der Waals surface area contributed by atoms with Crippen molar-refractivity contribution in [2.45, 2.75) is 45.2 Å². The van der Waals surface area contributed by atoms with E-state index >= 15 is 0 Å². The Morgan fingerprint density at radius 1 is 1.13 bits per heavy atom. The minimum absolute atomic E-state index is 0.0412. The van der Waals surface area contributed by atoms with Crippen LogP contribution in [0.5, 0.6) is 0 Å². The van der Waals surface area contributed by atoms with E-state index in [1.165, 1.54) is 10.2 Å². The van der Waals surface area contributed by atoms with E-state index in [1.54, 1.807) is 24.3 Å². The maximum absolute atomic E-state index is 12.7. The molecule has 1 atom stereocenters. The number of nitrogens with one attached hydrogen (secondary N) is 1. The standard InChI is InChI=1S/C24H25N3O4/c1-2-14-27-23(29)19-12-6-5-11-18(19)22(26-27)24(30)31-15-21(28)25-20-13-7-9-16-8-3-4-10-17(16)20/h3-6,8,10-12,20H,2,7,9,13-15H2,1H3,(H,25,28)/t20-/m0/s1. The Bertz CT molecular complexity index is 1180. The lowest BCUT2D eigenvalue weighted by atomic mass is 9.88. The van der Waals surface area contributed by atoms with Gasteiger partial charge in [-0.2, -0.15) is 5.10 Å². The average molecular weight is 419 g/mol. The van der Waals surface area contributed by atoms with Crippen molar-refractivity contribution in [3.05, 3.63) is 75.7 Å². The first-order valence-electron chi connectivity index (χ1n) is 10.6. The average Bonchev–Trinajstić information content (AvgIpc) is 2.80. The summed E-state index contributed by atoms with van der Waals surface area (Å²) < 4.78 is 6.55. The molecule has 0 saturated carbocycles. The molecule has 1 heterocycles. The Kier molecular flexibility index (Phi) is 6.11. The maximum Gasteiger partial charge on any atom is 0.359 e. The zero-order valence-corrected chi connectivity index (χ0v) is 17.5. The second-order valence-electron chi connectivity index (χ2n) is 7.71. The van der Waals surface area contributed by atoms with Crippen LogP contribution in [0.4, 0.5) is 0 Å². The molecule has 0 radical (unpaired) electrons. The van der Waals surface area contributed by atoms with E-state index in [2.05, 4.69) is 16.5 Å². The third-order valence-corrected chi connectivity index (χ3v) is 5.54. The summed E-state index contributed by atoms with van der Waals surface area (Å²) >= 11 is 0. The maximum atomic E-state index is 12.7. The molecule has 0 saturated heterocycles. The summed E-state index contributed by atoms with van der Waals surface area (Å²) in [6, 6.07) is 14.8. The topological polar surface area (TPSA) is 90.3 Å². The third kappa shape index (κ3) is 4.35. The number of fused-ring (bicyclic) bond motifs is 2. The normalized spacial score (nSPS) is 15.3. The number of esters is 1. The molecule has 0 fully saturated rings. The van der Waals surface area contributed by atoms with Gasteiger partial charge in [0.05, 0.1) is 11.4 Å². The van der Waals surface area contributed by atoms with Gasteiger partial charge >= 0.3 is 5.97 Å². The third-order valence-electron chi connectivity index (χ3n) is 5.54. The fourth-order valence-electron chi connectivity index (χ4n) is 4.09. The Morgan fingerprint density at radius 2 is 1.87 bits per heavy atom. The van der Waals surface area contributed by atoms with Crippen molar-refractivity contribution >= 4 is 22.6 Å². The molecule has 7 nitrogen and oxygen atoms in total. The minimum Gasteiger partial charge on any atom is -0.451 e. The van der Waals surface area contributed by atoms with Gasteiger partial charge in [-0.25, -0.2) is 9.48 Å². The van der Waals surface area contributed by atoms with E-state index in [4.69, 9.17) is 4.74 Å². The Labute approximate surface area is 180 Å². The zero-order chi connectivity index (χ0) is 21.8. The van der Waals surface area contributed by atoms with Crippen molar-refractivity contribution in [2.24, 2.45) is 0 Å². The van der Waals surface area contributed by atoms with Gasteiger partial charge < -0.3 is 10.1 Å². The molecule has 2 aromatic carbocycles. The van der Waals surface area contributed by atoms with Crippen LogP contribution in [-0.2, 0) is 22.5 Å². The highest BCUT2D eigenvalue weighted by atomic mass is 16.5. The van der Waals surface area contributed by atoms with Crippen LogP contribution in [0, 0.1) is 0 Å². The molecular formula is C24H25N3O4. The van der Waals surface area contributed by atoms with Gasteiger partial charge in [-0.15, -0.1) is 0 Å². The number of aryl methyl sites for hydroxylation is 2. The van der Waals surface area contributed by atoms with Gasteiger partial charge in [0.15, 0.2) is 12.3 Å². The molecule has 0 unspecified atom stereocenters. The molecule has 31 heavy (non-hydrogen) atoms. The number of ether oxygens (including phenoxy) is 1. The smallest absolute Gasteiger partial charge is 0.359 e. The number of amides is 1. The lowest BCUT2D eigenvalue weighted by molar-refractivity contribution is -0.125. The summed E-state index contributed by atoms with van der Waals surface area (Å²) in [7, 11) is 0. The summed E-state index contributed by atoms with van der Waals surface area (Å²) in [5.74, 6) is -1.08. The van der Waals surface area contributed by atoms with Crippen molar-refractivity contribution in [1.29, 1.82) is 0 Å². The summed E-state index contributed by atoms with van der Waals surface area (Å²) in [4.78, 5) is 37.8. The Balaban J connectivity index is 1.48. The highest BCUT2D eigenvalue weighted by Crippen LogP contribution is 2.29. The molecule has 0 bridgehead atoms. The molecule has 7 heteroatoms. The fourth-order valence-corrected chi connectivity index (χ4v) is 4.09. The monoisotopic (exact) mass is 419 g/mol. The molecule has 1 amide bonds. The summed E-state index contributed by atoms with van der Waals surface area (Å²) in [5.41, 5.74) is 2.15. The van der Waals surface area contributed by atoms with Crippen molar-refractivity contribution in [3.63, 3.8) is 0 Å². The van der Waals surface area contributed by atoms with E-state index < -0.39 is 12.6 Å². The molecule has 0 aliphatic heterocycles. The van der Waals surface area contributed by atoms with Crippen LogP contribution in [0.3, 0.4) is 0 Å². The summed E-state index contributed by atoms with van der Waals surface area (Å²) in [5, 5.41) is 8.01. The van der Waals surface area contributed by atoms with Gasteiger partial charge in [-0.3, -0.25) is 9.59 Å². The van der Waals surface area contributed by atoms with Crippen LogP contribution < -0.4 is 10.9 Å². The second-order valence-corrected chi connectivity index (χ2v) is 7.71. The lowest BCUT2D eigenvalue weighted by Crippen LogP contribution is -2.34. The van der Waals surface area contributed by atoms with Crippen LogP contribution in [0.25, 0.3) is 10.8 Å². The van der Waals surface area contributed by atoms with E-state index in [0.717, 1.165) is 24.8 Å². The van der Waals surface area contributed by atoms with Crippen LogP contribution in [0.2, 0.25) is 0 Å². The molecule has 3 aromatic rings. The van der Waals surface area contributed by atoms with Gasteiger partial charge in [0.1, 0.15) is 0 Å². The highest BCUT2D eigenvalue weighted by Gasteiger charge is 2.23. The SMILES string of the molecule is CCCn1nc(C(=O)OCC(=O)N[C@H]2CCCc3ccccc32)c2ccccc2c1=O. The largest absolute Gasteiger partial charge is 0.451 e. The predicted molar refractivity (Wildman–Crippen MR) is 117 cm³/mol. The van der Waals surface area contributed by atoms with E-state index in [1.807, 2.05) is 25.1 Å². The molecule has 4 rings (SSSR count). The number of benzene rings is 2. The van der Waals surface area contributed by atoms with E-state index in [0.29, 0.717) is 23.7 Å². The number of aromatic nitrogens is 2. The summed E-state index contributed by atoms with van der Waals surface area (Å²) in [6.45, 7) is 1.92.